The summed E-state index contributed by atoms with van der Waals surface area (Å²) in [6, 6.07) is 0.312. The molecular weight excluding hydrogens is 206 g/mol. The largest absolute Gasteiger partial charge is 0.404 e. The predicted molar refractivity (Wildman–Crippen MR) is 62.1 cm³/mol. The Morgan fingerprint density at radius 1 is 1.27 bits per heavy atom. The van der Waals surface area contributed by atoms with E-state index in [0.29, 0.717) is 12.0 Å². The van der Waals surface area contributed by atoms with Crippen molar-refractivity contribution in [2.24, 2.45) is 5.92 Å². The molecule has 0 aromatic heterocycles. The topological polar surface area (TPSA) is 38.3 Å². The molecule has 1 saturated heterocycles. The molecule has 1 amide bonds. The van der Waals surface area contributed by atoms with Crippen molar-refractivity contribution in [3.8, 4) is 0 Å². The van der Waals surface area contributed by atoms with Crippen LogP contribution in [0.15, 0.2) is 0 Å². The average molecular weight is 227 g/mol. The lowest BCUT2D eigenvalue weighted by molar-refractivity contribution is -0.143. The number of carbonyl (C=O) groups is 1. The molecule has 1 saturated carbocycles. The molecule has 1 heterocycles. The van der Waals surface area contributed by atoms with Gasteiger partial charge in [-0.2, -0.15) is 0 Å². The Bertz CT molecular complexity index is 256. The van der Waals surface area contributed by atoms with E-state index in [1.807, 2.05) is 0 Å². The first-order valence-corrected chi connectivity index (χ1v) is 9.36. The van der Waals surface area contributed by atoms with E-state index >= 15 is 0 Å². The van der Waals surface area contributed by atoms with Gasteiger partial charge in [0.05, 0.1) is 6.04 Å². The summed E-state index contributed by atoms with van der Waals surface area (Å²) < 4.78 is 5.94. The third-order valence-electron chi connectivity index (χ3n) is 3.28. The normalized spacial score (nSPS) is 32.6. The lowest BCUT2D eigenvalue weighted by atomic mass is 9.87. The molecule has 0 radical (unpaired) electrons. The highest BCUT2D eigenvalue weighted by Gasteiger charge is 2.46. The van der Waals surface area contributed by atoms with Crippen molar-refractivity contribution in [1.82, 2.24) is 5.32 Å². The maximum absolute atomic E-state index is 11.5. The van der Waals surface area contributed by atoms with Crippen LogP contribution >= 0.6 is 0 Å². The second kappa shape index (κ2) is 3.90. The number of rotatable bonds is 3. The van der Waals surface area contributed by atoms with Crippen LogP contribution in [0.2, 0.25) is 19.6 Å². The van der Waals surface area contributed by atoms with Gasteiger partial charge in [0, 0.05) is 0 Å². The van der Waals surface area contributed by atoms with Crippen LogP contribution in [0.1, 0.15) is 25.7 Å². The van der Waals surface area contributed by atoms with E-state index < -0.39 is 8.32 Å². The lowest BCUT2D eigenvalue weighted by Crippen LogP contribution is -2.67. The minimum Gasteiger partial charge on any atom is -0.404 e. The average Bonchev–Trinajstić information content (AvgIpc) is 2.61. The molecule has 1 aliphatic heterocycles. The molecule has 0 spiro atoms. The van der Waals surface area contributed by atoms with Crippen LogP contribution in [0.3, 0.4) is 0 Å². The molecule has 2 aliphatic rings. The molecule has 2 atom stereocenters. The van der Waals surface area contributed by atoms with Crippen molar-refractivity contribution in [2.45, 2.75) is 57.5 Å². The Morgan fingerprint density at radius 3 is 2.33 bits per heavy atom. The summed E-state index contributed by atoms with van der Waals surface area (Å²) in [4.78, 5) is 11.5. The minimum absolute atomic E-state index is 0.106. The van der Waals surface area contributed by atoms with Gasteiger partial charge in [-0.15, -0.1) is 0 Å². The molecule has 0 aromatic carbocycles. The minimum atomic E-state index is -1.59. The van der Waals surface area contributed by atoms with Gasteiger partial charge >= 0.3 is 0 Å². The first kappa shape index (κ1) is 11.1. The summed E-state index contributed by atoms with van der Waals surface area (Å²) in [6.45, 7) is 6.43. The molecule has 2 rings (SSSR count). The molecule has 1 aliphatic carbocycles. The van der Waals surface area contributed by atoms with Gasteiger partial charge in [-0.05, 0) is 38.4 Å². The van der Waals surface area contributed by atoms with E-state index in [2.05, 4.69) is 25.0 Å². The second-order valence-corrected chi connectivity index (χ2v) is 10.2. The van der Waals surface area contributed by atoms with Crippen LogP contribution in [0.25, 0.3) is 0 Å². The maximum atomic E-state index is 11.5. The molecular formula is C11H21NO2Si. The zero-order valence-corrected chi connectivity index (χ0v) is 10.9. The number of nitrogens with one attached hydrogen (secondary N) is 1. The summed E-state index contributed by atoms with van der Waals surface area (Å²) in [5.74, 6) is 0.776. The Morgan fingerprint density at radius 2 is 1.87 bits per heavy atom. The van der Waals surface area contributed by atoms with Crippen LogP contribution in [-0.2, 0) is 9.22 Å². The fourth-order valence-electron chi connectivity index (χ4n) is 2.58. The van der Waals surface area contributed by atoms with E-state index in [-0.39, 0.29) is 12.0 Å². The van der Waals surface area contributed by atoms with E-state index in [4.69, 9.17) is 4.43 Å². The van der Waals surface area contributed by atoms with Crippen molar-refractivity contribution in [2.75, 3.05) is 0 Å². The van der Waals surface area contributed by atoms with E-state index in [1.165, 1.54) is 25.7 Å². The van der Waals surface area contributed by atoms with Gasteiger partial charge in [0.1, 0.15) is 6.10 Å². The molecule has 2 unspecified atom stereocenters. The lowest BCUT2D eigenvalue weighted by Gasteiger charge is -2.43. The number of hydrogen-bond donors (Lipinski definition) is 1. The standard InChI is InChI=1S/C11H21NO2Si/c1-15(2,3)14-10-9(12-11(10)13)8-6-4-5-7-8/h8-10H,4-7H2,1-3H3,(H,12,13). The molecule has 1 N–H and O–H groups in total. The predicted octanol–water partition coefficient (Wildman–Crippen LogP) is 1.90. The number of carbonyl (C=O) groups excluding carboxylic acids is 1. The summed E-state index contributed by atoms with van der Waals surface area (Å²) in [6.07, 6.45) is 5.01. The summed E-state index contributed by atoms with van der Waals surface area (Å²) in [5.41, 5.74) is 0. The third-order valence-corrected chi connectivity index (χ3v) is 4.24. The first-order valence-electron chi connectivity index (χ1n) is 5.95. The number of hydrogen-bond acceptors (Lipinski definition) is 2. The van der Waals surface area contributed by atoms with E-state index in [9.17, 15) is 4.79 Å². The number of β-lactam (4-membered cyclic amide) rings is 1. The molecule has 0 aromatic rings. The monoisotopic (exact) mass is 227 g/mol. The number of amides is 1. The molecule has 3 nitrogen and oxygen atoms in total. The fourth-order valence-corrected chi connectivity index (χ4v) is 3.59. The van der Waals surface area contributed by atoms with Crippen LogP contribution < -0.4 is 5.32 Å². The van der Waals surface area contributed by atoms with Crippen molar-refractivity contribution in [1.29, 1.82) is 0 Å². The van der Waals surface area contributed by atoms with Gasteiger partial charge in [0.15, 0.2) is 8.32 Å². The fraction of sp³-hybridized carbons (Fsp3) is 0.909. The van der Waals surface area contributed by atoms with Gasteiger partial charge in [0.2, 0.25) is 5.91 Å². The van der Waals surface area contributed by atoms with Crippen molar-refractivity contribution in [3.05, 3.63) is 0 Å². The molecule has 86 valence electrons. The summed E-state index contributed by atoms with van der Waals surface area (Å²) >= 11 is 0. The SMILES string of the molecule is C[Si](C)(C)OC1C(=O)NC1C1CCCC1. The Labute approximate surface area is 92.7 Å². The van der Waals surface area contributed by atoms with Crippen molar-refractivity contribution < 1.29 is 9.22 Å². The van der Waals surface area contributed by atoms with Crippen LogP contribution in [-0.4, -0.2) is 26.4 Å². The van der Waals surface area contributed by atoms with Crippen LogP contribution in [0.5, 0.6) is 0 Å². The van der Waals surface area contributed by atoms with Crippen molar-refractivity contribution >= 4 is 14.2 Å². The van der Waals surface area contributed by atoms with Crippen LogP contribution in [0, 0.1) is 5.92 Å². The first-order chi connectivity index (χ1) is 6.97. The van der Waals surface area contributed by atoms with Crippen LogP contribution in [0.4, 0.5) is 0 Å². The highest BCUT2D eigenvalue weighted by atomic mass is 28.4. The zero-order chi connectivity index (χ0) is 11.1. The molecule has 0 bridgehead atoms. The Kier molecular flexibility index (Phi) is 2.90. The Balaban J connectivity index is 1.93. The van der Waals surface area contributed by atoms with Crippen molar-refractivity contribution in [3.63, 3.8) is 0 Å². The molecule has 15 heavy (non-hydrogen) atoms. The zero-order valence-electron chi connectivity index (χ0n) is 9.88. The van der Waals surface area contributed by atoms with Gasteiger partial charge in [-0.3, -0.25) is 4.79 Å². The molecule has 4 heteroatoms. The highest BCUT2D eigenvalue weighted by molar-refractivity contribution is 6.70. The second-order valence-electron chi connectivity index (χ2n) is 5.73. The third kappa shape index (κ3) is 2.42. The highest BCUT2D eigenvalue weighted by Crippen LogP contribution is 2.33. The van der Waals surface area contributed by atoms with Gasteiger partial charge in [-0.25, -0.2) is 0 Å². The molecule has 2 fully saturated rings. The maximum Gasteiger partial charge on any atom is 0.250 e. The summed E-state index contributed by atoms with van der Waals surface area (Å²) in [5, 5.41) is 3.02. The van der Waals surface area contributed by atoms with Gasteiger partial charge in [0.25, 0.3) is 0 Å². The van der Waals surface area contributed by atoms with E-state index in [1.54, 1.807) is 0 Å². The van der Waals surface area contributed by atoms with Gasteiger partial charge < -0.3 is 9.74 Å². The van der Waals surface area contributed by atoms with Gasteiger partial charge in [-0.1, -0.05) is 12.8 Å². The Hall–Kier alpha value is -0.353. The van der Waals surface area contributed by atoms with E-state index in [0.717, 1.165) is 0 Å². The quantitative estimate of drug-likeness (QED) is 0.591. The smallest absolute Gasteiger partial charge is 0.250 e. The summed E-state index contributed by atoms with van der Waals surface area (Å²) in [7, 11) is -1.59.